The highest BCUT2D eigenvalue weighted by molar-refractivity contribution is 7.47. The third-order valence-electron chi connectivity index (χ3n) is 18.3. The fourth-order valence-electron chi connectivity index (χ4n) is 12.1. The quantitative estimate of drug-likeness (QED) is 0.0222. The van der Waals surface area contributed by atoms with Crippen molar-refractivity contribution in [2.24, 2.45) is 5.92 Å². The van der Waals surface area contributed by atoms with Gasteiger partial charge in [-0.3, -0.25) is 37.3 Å². The van der Waals surface area contributed by atoms with Gasteiger partial charge in [0, 0.05) is 25.7 Å². The van der Waals surface area contributed by atoms with E-state index in [-0.39, 0.29) is 25.7 Å². The lowest BCUT2D eigenvalue weighted by Gasteiger charge is -2.21. The number of ether oxygens (including phenoxy) is 4. The van der Waals surface area contributed by atoms with E-state index in [1.165, 1.54) is 231 Å². The molecule has 576 valence electrons. The van der Waals surface area contributed by atoms with E-state index in [9.17, 15) is 43.2 Å². The highest BCUT2D eigenvalue weighted by atomic mass is 31.2. The molecule has 0 amide bonds. The number of phosphoric acid groups is 2. The van der Waals surface area contributed by atoms with Crippen LogP contribution in [0.1, 0.15) is 413 Å². The molecule has 97 heavy (non-hydrogen) atoms. The summed E-state index contributed by atoms with van der Waals surface area (Å²) in [6.07, 6.45) is 61.1. The zero-order valence-electron chi connectivity index (χ0n) is 63.2. The number of phosphoric ester groups is 2. The van der Waals surface area contributed by atoms with Crippen LogP contribution in [-0.4, -0.2) is 96.7 Å². The summed E-state index contributed by atoms with van der Waals surface area (Å²) in [5.74, 6) is -1.41. The zero-order valence-corrected chi connectivity index (χ0v) is 65.0. The summed E-state index contributed by atoms with van der Waals surface area (Å²) in [4.78, 5) is 72.9. The highest BCUT2D eigenvalue weighted by Gasteiger charge is 2.30. The molecule has 0 fully saturated rings. The first kappa shape index (κ1) is 95.1. The van der Waals surface area contributed by atoms with Gasteiger partial charge in [-0.2, -0.15) is 0 Å². The summed E-state index contributed by atoms with van der Waals surface area (Å²) >= 11 is 0. The van der Waals surface area contributed by atoms with Crippen molar-refractivity contribution in [3.8, 4) is 0 Å². The molecule has 3 N–H and O–H groups in total. The molecular formula is C78H152O17P2. The van der Waals surface area contributed by atoms with Crippen LogP contribution < -0.4 is 0 Å². The van der Waals surface area contributed by atoms with Gasteiger partial charge in [-0.05, 0) is 31.6 Å². The number of carbonyl (C=O) groups is 4. The van der Waals surface area contributed by atoms with Crippen molar-refractivity contribution in [3.05, 3.63) is 0 Å². The molecule has 2 unspecified atom stereocenters. The van der Waals surface area contributed by atoms with Gasteiger partial charge in [0.1, 0.15) is 19.3 Å². The van der Waals surface area contributed by atoms with Gasteiger partial charge in [0.2, 0.25) is 0 Å². The Labute approximate surface area is 594 Å². The average Bonchev–Trinajstić information content (AvgIpc) is 1.00. The molecule has 17 nitrogen and oxygen atoms in total. The van der Waals surface area contributed by atoms with E-state index in [1.807, 2.05) is 0 Å². The third-order valence-corrected chi connectivity index (χ3v) is 20.2. The fraction of sp³-hybridized carbons (Fsp3) is 0.949. The highest BCUT2D eigenvalue weighted by Crippen LogP contribution is 2.45. The second-order valence-corrected chi connectivity index (χ2v) is 31.5. The first-order valence-electron chi connectivity index (χ1n) is 40.6. The molecule has 19 heteroatoms. The maximum absolute atomic E-state index is 13.1. The van der Waals surface area contributed by atoms with Crippen molar-refractivity contribution in [1.29, 1.82) is 0 Å². The Kier molecular flexibility index (Phi) is 69.6. The van der Waals surface area contributed by atoms with Crippen molar-refractivity contribution in [2.75, 3.05) is 39.6 Å². The molecule has 0 saturated heterocycles. The van der Waals surface area contributed by atoms with E-state index in [1.54, 1.807) is 0 Å². The predicted molar refractivity (Wildman–Crippen MR) is 395 cm³/mol. The van der Waals surface area contributed by atoms with Gasteiger partial charge in [0.25, 0.3) is 0 Å². The van der Waals surface area contributed by atoms with Gasteiger partial charge < -0.3 is 33.8 Å². The van der Waals surface area contributed by atoms with Crippen molar-refractivity contribution >= 4 is 39.5 Å². The van der Waals surface area contributed by atoms with Gasteiger partial charge in [0.05, 0.1) is 26.4 Å². The molecule has 0 heterocycles. The lowest BCUT2D eigenvalue weighted by molar-refractivity contribution is -0.161. The van der Waals surface area contributed by atoms with E-state index < -0.39 is 97.5 Å². The van der Waals surface area contributed by atoms with Gasteiger partial charge >= 0.3 is 39.5 Å². The molecule has 0 aliphatic heterocycles. The molecule has 0 aromatic rings. The summed E-state index contributed by atoms with van der Waals surface area (Å²) in [7, 11) is -9.91. The van der Waals surface area contributed by atoms with Crippen LogP contribution in [0.4, 0.5) is 0 Å². The summed E-state index contributed by atoms with van der Waals surface area (Å²) in [6.45, 7) is 7.26. The molecule has 0 saturated carbocycles. The van der Waals surface area contributed by atoms with Gasteiger partial charge in [-0.15, -0.1) is 0 Å². The van der Waals surface area contributed by atoms with Crippen LogP contribution >= 0.6 is 15.6 Å². The first-order chi connectivity index (χ1) is 47.0. The minimum Gasteiger partial charge on any atom is -0.462 e. The van der Waals surface area contributed by atoms with Gasteiger partial charge in [0.15, 0.2) is 12.2 Å². The Morgan fingerprint density at radius 2 is 0.474 bits per heavy atom. The van der Waals surface area contributed by atoms with Crippen LogP contribution in [-0.2, 0) is 65.4 Å². The molecule has 0 radical (unpaired) electrons. The molecule has 5 atom stereocenters. The lowest BCUT2D eigenvalue weighted by atomic mass is 10.0. The smallest absolute Gasteiger partial charge is 0.462 e. The Balaban J connectivity index is 5.22. The van der Waals surface area contributed by atoms with E-state index >= 15 is 0 Å². The normalized spacial score (nSPS) is 13.9. The van der Waals surface area contributed by atoms with Gasteiger partial charge in [-0.1, -0.05) is 362 Å². The summed E-state index contributed by atoms with van der Waals surface area (Å²) in [5, 5.41) is 10.6. The summed E-state index contributed by atoms with van der Waals surface area (Å²) < 4.78 is 68.6. The van der Waals surface area contributed by atoms with Crippen LogP contribution in [0, 0.1) is 5.92 Å². The summed E-state index contributed by atoms with van der Waals surface area (Å²) in [5.41, 5.74) is 0. The fourth-order valence-corrected chi connectivity index (χ4v) is 13.6. The molecule has 0 aliphatic carbocycles. The van der Waals surface area contributed by atoms with Crippen molar-refractivity contribution in [3.63, 3.8) is 0 Å². The maximum atomic E-state index is 13.1. The Morgan fingerprint density at radius 3 is 0.701 bits per heavy atom. The topological polar surface area (TPSA) is 237 Å². The van der Waals surface area contributed by atoms with Crippen molar-refractivity contribution in [2.45, 2.75) is 432 Å². The number of unbranched alkanes of at least 4 members (excludes halogenated alkanes) is 50. The molecule has 0 bridgehead atoms. The number of carbonyl (C=O) groups excluding carboxylic acids is 4. The molecule has 0 aromatic heterocycles. The number of hydrogen-bond acceptors (Lipinski definition) is 15. The minimum absolute atomic E-state index is 0.107. The molecule has 0 aromatic carbocycles. The number of esters is 4. The van der Waals surface area contributed by atoms with E-state index in [2.05, 4.69) is 34.6 Å². The Hall–Kier alpha value is -1.94. The SMILES string of the molecule is CCCCCCCCCCCCCCCCCCCCCCC(=O)O[C@H](COC(=O)CCCCCCCCCCCCCCCC)COP(=O)(O)OC[C@@H](O)COP(=O)(O)OC[C@@H](COC(=O)CCCCCCCCCC(C)C)OC(=O)CCCCCCCCCCCCCCC. The molecule has 0 aliphatic rings. The van der Waals surface area contributed by atoms with Gasteiger partial charge in [-0.25, -0.2) is 9.13 Å². The molecule has 0 rings (SSSR count). The summed E-state index contributed by atoms with van der Waals surface area (Å²) in [6, 6.07) is 0. The van der Waals surface area contributed by atoms with E-state index in [0.29, 0.717) is 31.6 Å². The van der Waals surface area contributed by atoms with Crippen molar-refractivity contribution < 1.29 is 80.2 Å². The molecular weight excluding hydrogens is 1270 g/mol. The predicted octanol–water partition coefficient (Wildman–Crippen LogP) is 23.3. The second kappa shape index (κ2) is 71.1. The number of aliphatic hydroxyl groups is 1. The third kappa shape index (κ3) is 72.2. The van der Waals surface area contributed by atoms with Crippen LogP contribution in [0.2, 0.25) is 0 Å². The molecule has 0 spiro atoms. The second-order valence-electron chi connectivity index (χ2n) is 28.6. The number of hydrogen-bond donors (Lipinski definition) is 3. The lowest BCUT2D eigenvalue weighted by Crippen LogP contribution is -2.30. The number of aliphatic hydroxyl groups excluding tert-OH is 1. The van der Waals surface area contributed by atoms with E-state index in [4.69, 9.17) is 37.0 Å². The monoisotopic (exact) mass is 1420 g/mol. The number of rotatable bonds is 78. The van der Waals surface area contributed by atoms with Crippen molar-refractivity contribution in [1.82, 2.24) is 0 Å². The zero-order chi connectivity index (χ0) is 71.2. The largest absolute Gasteiger partial charge is 0.472 e. The Morgan fingerprint density at radius 1 is 0.278 bits per heavy atom. The standard InChI is InChI=1S/C78H152O17P2/c1-6-9-12-15-18-21-24-27-29-30-31-32-33-34-37-40-43-48-54-59-64-78(83)94-73(67-88-75(80)61-56-51-46-41-38-36-28-25-22-19-16-13-10-7-2)69-92-96(84,85)90-65-72(79)66-91-97(86,87)93-70-74(68-89-76(81)62-57-52-49-44-45-50-55-60-71(4)5)95-77(82)63-58-53-47-42-39-35-26-23-20-17-14-11-8-3/h71-74,79H,6-70H2,1-5H3,(H,84,85)(H,86,87)/t72-,73-,74-/m1/s1. The van der Waals surface area contributed by atoms with Crippen LogP contribution in [0.5, 0.6) is 0 Å². The van der Waals surface area contributed by atoms with Crippen LogP contribution in [0.25, 0.3) is 0 Å². The van der Waals surface area contributed by atoms with Crippen LogP contribution in [0.3, 0.4) is 0 Å². The first-order valence-corrected chi connectivity index (χ1v) is 43.6. The Bertz CT molecular complexity index is 1860. The van der Waals surface area contributed by atoms with E-state index in [0.717, 1.165) is 96.3 Å². The maximum Gasteiger partial charge on any atom is 0.472 e. The minimum atomic E-state index is -4.96. The van der Waals surface area contributed by atoms with Crippen LogP contribution in [0.15, 0.2) is 0 Å². The average molecular weight is 1420 g/mol.